The van der Waals surface area contributed by atoms with Crippen molar-refractivity contribution < 1.29 is 23.5 Å². The second-order valence-electron chi connectivity index (χ2n) is 6.51. The van der Waals surface area contributed by atoms with E-state index in [2.05, 4.69) is 5.32 Å². The Bertz CT molecular complexity index is 721. The zero-order chi connectivity index (χ0) is 19.4. The summed E-state index contributed by atoms with van der Waals surface area (Å²) < 4.78 is 18.3. The van der Waals surface area contributed by atoms with Gasteiger partial charge in [-0.1, -0.05) is 6.07 Å². The lowest BCUT2D eigenvalue weighted by Crippen LogP contribution is -2.54. The summed E-state index contributed by atoms with van der Waals surface area (Å²) in [6, 6.07) is 5.23. The van der Waals surface area contributed by atoms with Gasteiger partial charge < -0.3 is 24.8 Å². The Kier molecular flexibility index (Phi) is 5.78. The number of halogens is 1. The summed E-state index contributed by atoms with van der Waals surface area (Å²) in [5.74, 6) is -0.565. The molecule has 1 aromatic carbocycles. The summed E-state index contributed by atoms with van der Waals surface area (Å²) in [7, 11) is 0. The summed E-state index contributed by atoms with van der Waals surface area (Å²) in [4.78, 5) is 41.0. The van der Waals surface area contributed by atoms with E-state index in [9.17, 15) is 18.8 Å². The first-order valence-electron chi connectivity index (χ1n) is 9.01. The fourth-order valence-corrected chi connectivity index (χ4v) is 3.27. The summed E-state index contributed by atoms with van der Waals surface area (Å²) in [6.45, 7) is 3.99. The number of hydrogen-bond donors (Lipinski definition) is 1. The van der Waals surface area contributed by atoms with Crippen molar-refractivity contribution in [2.75, 3.05) is 44.2 Å². The van der Waals surface area contributed by atoms with Gasteiger partial charge in [-0.05, 0) is 25.1 Å². The summed E-state index contributed by atoms with van der Waals surface area (Å²) >= 11 is 0. The molecule has 1 N–H and O–H groups in total. The highest BCUT2D eigenvalue weighted by Gasteiger charge is 2.33. The monoisotopic (exact) mass is 378 g/mol. The smallest absolute Gasteiger partial charge is 0.409 e. The Morgan fingerprint density at radius 3 is 2.59 bits per heavy atom. The summed E-state index contributed by atoms with van der Waals surface area (Å²) in [5, 5.41) is 2.86. The van der Waals surface area contributed by atoms with Gasteiger partial charge in [0.05, 0.1) is 12.6 Å². The second-order valence-corrected chi connectivity index (χ2v) is 6.51. The maximum absolute atomic E-state index is 13.4. The number of piperazine rings is 1. The lowest BCUT2D eigenvalue weighted by Gasteiger charge is -2.34. The van der Waals surface area contributed by atoms with Crippen molar-refractivity contribution in [2.45, 2.75) is 19.4 Å². The van der Waals surface area contributed by atoms with Crippen LogP contribution in [0.4, 0.5) is 19.7 Å². The van der Waals surface area contributed by atoms with Gasteiger partial charge >= 0.3 is 12.1 Å². The number of ether oxygens (including phenoxy) is 1. The molecular weight excluding hydrogens is 355 g/mol. The first-order chi connectivity index (χ1) is 13.0. The summed E-state index contributed by atoms with van der Waals surface area (Å²) in [5.41, 5.74) is 0.486. The van der Waals surface area contributed by atoms with Crippen LogP contribution in [0.3, 0.4) is 0 Å². The van der Waals surface area contributed by atoms with Gasteiger partial charge in [0, 0.05) is 44.8 Å². The number of benzene rings is 1. The molecule has 2 aliphatic rings. The van der Waals surface area contributed by atoms with Crippen molar-refractivity contribution in [2.24, 2.45) is 0 Å². The van der Waals surface area contributed by atoms with E-state index >= 15 is 0 Å². The van der Waals surface area contributed by atoms with E-state index in [1.165, 1.54) is 17.0 Å². The maximum Gasteiger partial charge on any atom is 0.409 e. The molecular formula is C18H23FN4O4. The van der Waals surface area contributed by atoms with E-state index in [0.29, 0.717) is 45.0 Å². The van der Waals surface area contributed by atoms with Crippen LogP contribution in [0, 0.1) is 5.82 Å². The molecule has 8 nitrogen and oxygen atoms in total. The van der Waals surface area contributed by atoms with Crippen molar-refractivity contribution >= 4 is 23.7 Å². The van der Waals surface area contributed by atoms with Gasteiger partial charge in [-0.15, -0.1) is 0 Å². The van der Waals surface area contributed by atoms with Gasteiger partial charge in [-0.25, -0.2) is 14.0 Å². The molecule has 2 saturated heterocycles. The minimum atomic E-state index is -0.410. The van der Waals surface area contributed by atoms with Crippen LogP contribution in [-0.4, -0.2) is 73.2 Å². The van der Waals surface area contributed by atoms with Crippen LogP contribution in [-0.2, 0) is 9.53 Å². The topological polar surface area (TPSA) is 82.2 Å². The van der Waals surface area contributed by atoms with Gasteiger partial charge in [0.25, 0.3) is 0 Å². The highest BCUT2D eigenvalue weighted by Crippen LogP contribution is 2.22. The van der Waals surface area contributed by atoms with E-state index in [1.807, 2.05) is 0 Å². The van der Waals surface area contributed by atoms with Crippen molar-refractivity contribution in [1.82, 2.24) is 15.1 Å². The normalized spacial score (nSPS) is 20.0. The van der Waals surface area contributed by atoms with E-state index in [0.717, 1.165) is 0 Å². The minimum Gasteiger partial charge on any atom is -0.450 e. The third-order valence-corrected chi connectivity index (χ3v) is 4.67. The maximum atomic E-state index is 13.4. The molecule has 2 fully saturated rings. The lowest BCUT2D eigenvalue weighted by molar-refractivity contribution is -0.117. The third kappa shape index (κ3) is 4.47. The quantitative estimate of drug-likeness (QED) is 0.862. The molecule has 9 heteroatoms. The van der Waals surface area contributed by atoms with Crippen LogP contribution >= 0.6 is 0 Å². The Labute approximate surface area is 156 Å². The van der Waals surface area contributed by atoms with Gasteiger partial charge in [0.2, 0.25) is 5.91 Å². The standard InChI is InChI=1S/C18H23FN4O4/c1-2-27-18(26)22-8-6-21(7-9-22)17(25)20-14-11-16(24)23(12-14)15-5-3-4-13(19)10-15/h3-5,10,14H,2,6-9,11-12H2,1H3,(H,20,25). The largest absolute Gasteiger partial charge is 0.450 e. The third-order valence-electron chi connectivity index (χ3n) is 4.67. The Morgan fingerprint density at radius 1 is 1.22 bits per heavy atom. The molecule has 0 spiro atoms. The average Bonchev–Trinajstić information content (AvgIpc) is 3.02. The molecule has 2 aliphatic heterocycles. The molecule has 146 valence electrons. The molecule has 0 radical (unpaired) electrons. The highest BCUT2D eigenvalue weighted by atomic mass is 19.1. The highest BCUT2D eigenvalue weighted by molar-refractivity contribution is 5.96. The zero-order valence-electron chi connectivity index (χ0n) is 15.2. The van der Waals surface area contributed by atoms with E-state index < -0.39 is 5.82 Å². The first-order valence-corrected chi connectivity index (χ1v) is 9.01. The van der Waals surface area contributed by atoms with Crippen molar-refractivity contribution in [3.05, 3.63) is 30.1 Å². The number of hydrogen-bond acceptors (Lipinski definition) is 4. The van der Waals surface area contributed by atoms with Crippen LogP contribution in [0.15, 0.2) is 24.3 Å². The molecule has 2 heterocycles. The average molecular weight is 378 g/mol. The predicted molar refractivity (Wildman–Crippen MR) is 95.9 cm³/mol. The molecule has 0 aromatic heterocycles. The molecule has 0 aliphatic carbocycles. The second kappa shape index (κ2) is 8.24. The molecule has 1 aromatic rings. The van der Waals surface area contributed by atoms with Gasteiger partial charge in [-0.3, -0.25) is 4.79 Å². The van der Waals surface area contributed by atoms with E-state index in [1.54, 1.807) is 28.9 Å². The number of anilines is 1. The minimum absolute atomic E-state index is 0.155. The first kappa shape index (κ1) is 18.9. The molecule has 1 unspecified atom stereocenters. The number of carbonyl (C=O) groups excluding carboxylic acids is 3. The molecule has 0 saturated carbocycles. The molecule has 27 heavy (non-hydrogen) atoms. The SMILES string of the molecule is CCOC(=O)N1CCN(C(=O)NC2CC(=O)N(c3cccc(F)c3)C2)CC1. The van der Waals surface area contributed by atoms with Crippen LogP contribution in [0.1, 0.15) is 13.3 Å². The number of carbonyl (C=O) groups is 3. The molecule has 1 atom stereocenters. The van der Waals surface area contributed by atoms with Gasteiger partial charge in [0.15, 0.2) is 0 Å². The molecule has 3 rings (SSSR count). The van der Waals surface area contributed by atoms with Crippen molar-refractivity contribution in [3.63, 3.8) is 0 Å². The van der Waals surface area contributed by atoms with Crippen molar-refractivity contribution in [3.8, 4) is 0 Å². The number of amides is 4. The van der Waals surface area contributed by atoms with E-state index in [-0.39, 0.29) is 30.5 Å². The lowest BCUT2D eigenvalue weighted by atomic mass is 10.2. The van der Waals surface area contributed by atoms with Crippen LogP contribution < -0.4 is 10.2 Å². The number of nitrogens with one attached hydrogen (secondary N) is 1. The molecule has 0 bridgehead atoms. The number of nitrogens with zero attached hydrogens (tertiary/aromatic N) is 3. The van der Waals surface area contributed by atoms with Crippen molar-refractivity contribution in [1.29, 1.82) is 0 Å². The van der Waals surface area contributed by atoms with Crippen LogP contribution in [0.2, 0.25) is 0 Å². The Balaban J connectivity index is 1.51. The van der Waals surface area contributed by atoms with Gasteiger partial charge in [-0.2, -0.15) is 0 Å². The fraction of sp³-hybridized carbons (Fsp3) is 0.500. The summed E-state index contributed by atoms with van der Waals surface area (Å²) in [6.07, 6.45) is -0.199. The number of rotatable bonds is 3. The van der Waals surface area contributed by atoms with Crippen LogP contribution in [0.25, 0.3) is 0 Å². The Hall–Kier alpha value is -2.84. The number of urea groups is 1. The predicted octanol–water partition coefficient (Wildman–Crippen LogP) is 1.41. The van der Waals surface area contributed by atoms with E-state index in [4.69, 9.17) is 4.74 Å². The van der Waals surface area contributed by atoms with Gasteiger partial charge in [0.1, 0.15) is 5.82 Å². The van der Waals surface area contributed by atoms with Crippen LogP contribution in [0.5, 0.6) is 0 Å². The molecule has 4 amide bonds. The Morgan fingerprint density at radius 2 is 1.93 bits per heavy atom. The zero-order valence-corrected chi connectivity index (χ0v) is 15.2. The fourth-order valence-electron chi connectivity index (χ4n) is 3.27.